The van der Waals surface area contributed by atoms with E-state index in [1.807, 2.05) is 18.2 Å². The Bertz CT molecular complexity index is 1380. The van der Waals surface area contributed by atoms with Crippen molar-refractivity contribution in [2.45, 2.75) is 32.1 Å². The van der Waals surface area contributed by atoms with Crippen LogP contribution in [0.5, 0.6) is 0 Å². The molecule has 1 aliphatic carbocycles. The summed E-state index contributed by atoms with van der Waals surface area (Å²) < 4.78 is 6.56. The maximum Gasteiger partial charge on any atom is 0.158 e. The molecule has 30 heavy (non-hydrogen) atoms. The number of benzene rings is 3. The van der Waals surface area contributed by atoms with Gasteiger partial charge in [0.15, 0.2) is 11.3 Å². The van der Waals surface area contributed by atoms with Crippen molar-refractivity contribution >= 4 is 27.6 Å². The molecule has 0 saturated heterocycles. The Kier molecular flexibility index (Phi) is 3.98. The molecule has 2 aromatic rings. The zero-order valence-corrected chi connectivity index (χ0v) is 16.8. The molecule has 3 aliphatic heterocycles. The van der Waals surface area contributed by atoms with Gasteiger partial charge in [0, 0.05) is 41.2 Å². The second kappa shape index (κ2) is 6.84. The van der Waals surface area contributed by atoms with Gasteiger partial charge in [-0.05, 0) is 37.3 Å². The number of hydrogen-bond acceptors (Lipinski definition) is 5. The van der Waals surface area contributed by atoms with Gasteiger partial charge in [-0.25, -0.2) is 4.98 Å². The monoisotopic (exact) mass is 394 g/mol. The third-order valence-electron chi connectivity index (χ3n) is 6.36. The second-order valence-electron chi connectivity index (χ2n) is 8.20. The standard InChI is InChI=1S/C25H22N4O/c26-10-5-11-27-20-15-22-23(18-8-2-1-7-17(18)20)28-21-14-16-6-3-12-29-13-4-9-19(24(16)29)25(21)30-22/h1-2,7-8,14-15H,3-6,9,11-13H2. The summed E-state index contributed by atoms with van der Waals surface area (Å²) in [6.45, 7) is 2.76. The Balaban J connectivity index is 1.69. The summed E-state index contributed by atoms with van der Waals surface area (Å²) in [5.41, 5.74) is 6.89. The van der Waals surface area contributed by atoms with Gasteiger partial charge in [0.25, 0.3) is 0 Å². The fraction of sp³-hybridized carbons (Fsp3) is 0.320. The molecule has 0 radical (unpaired) electrons. The van der Waals surface area contributed by atoms with Crippen LogP contribution in [0.4, 0.5) is 5.69 Å². The number of aromatic nitrogens is 1. The highest BCUT2D eigenvalue weighted by molar-refractivity contribution is 5.97. The van der Waals surface area contributed by atoms with Crippen molar-refractivity contribution in [3.8, 4) is 17.5 Å². The van der Waals surface area contributed by atoms with Crippen molar-refractivity contribution in [3.63, 3.8) is 0 Å². The molecule has 5 heteroatoms. The average molecular weight is 394 g/mol. The molecule has 5 nitrogen and oxygen atoms in total. The van der Waals surface area contributed by atoms with Gasteiger partial charge in [0.05, 0.1) is 24.4 Å². The Morgan fingerprint density at radius 1 is 1.10 bits per heavy atom. The topological polar surface area (TPSA) is 65.4 Å². The predicted molar refractivity (Wildman–Crippen MR) is 118 cm³/mol. The van der Waals surface area contributed by atoms with Gasteiger partial charge < -0.3 is 9.32 Å². The molecular weight excluding hydrogens is 372 g/mol. The van der Waals surface area contributed by atoms with E-state index in [4.69, 9.17) is 14.7 Å². The summed E-state index contributed by atoms with van der Waals surface area (Å²) in [6.07, 6.45) is 4.93. The molecule has 0 bridgehead atoms. The second-order valence-corrected chi connectivity index (χ2v) is 8.20. The SMILES string of the molecule is N#CCCN=c1cc2oc3c4c5c(cc3nc-2c2ccccc12)CCCN5CCC4. The number of anilines is 1. The molecule has 0 atom stereocenters. The number of rotatable bonds is 2. The van der Waals surface area contributed by atoms with E-state index in [2.05, 4.69) is 34.2 Å². The van der Waals surface area contributed by atoms with E-state index in [9.17, 15) is 0 Å². The first-order valence-electron chi connectivity index (χ1n) is 10.8. The average Bonchev–Trinajstić information content (AvgIpc) is 2.79. The largest absolute Gasteiger partial charge is 0.452 e. The molecule has 0 fully saturated rings. The molecule has 4 aliphatic rings. The Morgan fingerprint density at radius 3 is 2.80 bits per heavy atom. The highest BCUT2D eigenvalue weighted by Crippen LogP contribution is 2.41. The molecule has 3 heterocycles. The Labute approximate surface area is 174 Å². The van der Waals surface area contributed by atoms with Crippen LogP contribution in [0.25, 0.3) is 33.3 Å². The minimum atomic E-state index is 0.408. The minimum Gasteiger partial charge on any atom is -0.452 e. The van der Waals surface area contributed by atoms with Crippen LogP contribution in [0.1, 0.15) is 30.4 Å². The zero-order chi connectivity index (χ0) is 20.1. The van der Waals surface area contributed by atoms with Gasteiger partial charge in [-0.2, -0.15) is 5.26 Å². The van der Waals surface area contributed by atoms with Crippen LogP contribution in [0, 0.1) is 11.3 Å². The fourth-order valence-corrected chi connectivity index (χ4v) is 5.11. The van der Waals surface area contributed by atoms with Crippen LogP contribution < -0.4 is 10.3 Å². The van der Waals surface area contributed by atoms with Crippen LogP contribution in [0.15, 0.2) is 45.8 Å². The summed E-state index contributed by atoms with van der Waals surface area (Å²) in [6, 6.07) is 14.6. The first-order valence-corrected chi connectivity index (χ1v) is 10.8. The third-order valence-corrected chi connectivity index (χ3v) is 6.36. The van der Waals surface area contributed by atoms with Gasteiger partial charge in [0.1, 0.15) is 11.2 Å². The molecule has 0 amide bonds. The summed E-state index contributed by atoms with van der Waals surface area (Å²) in [5.74, 6) is 0.765. The van der Waals surface area contributed by atoms with Crippen LogP contribution in [0.2, 0.25) is 0 Å². The number of nitriles is 1. The molecule has 0 unspecified atom stereocenters. The highest BCUT2D eigenvalue weighted by Gasteiger charge is 2.28. The molecule has 0 spiro atoms. The molecule has 0 N–H and O–H groups in total. The number of nitrogens with zero attached hydrogens (tertiary/aromatic N) is 4. The normalized spacial score (nSPS) is 16.2. The first kappa shape index (κ1) is 17.5. The quantitative estimate of drug-likeness (QED) is 0.283. The van der Waals surface area contributed by atoms with Crippen molar-refractivity contribution in [1.82, 2.24) is 4.98 Å². The van der Waals surface area contributed by atoms with Gasteiger partial charge >= 0.3 is 0 Å². The van der Waals surface area contributed by atoms with Crippen LogP contribution in [-0.2, 0) is 12.8 Å². The first-order chi connectivity index (χ1) is 14.8. The van der Waals surface area contributed by atoms with Gasteiger partial charge in [-0.3, -0.25) is 4.99 Å². The Morgan fingerprint density at radius 2 is 1.93 bits per heavy atom. The van der Waals surface area contributed by atoms with Crippen LogP contribution >= 0.6 is 0 Å². The third kappa shape index (κ3) is 2.60. The number of hydrogen-bond donors (Lipinski definition) is 0. The zero-order valence-electron chi connectivity index (χ0n) is 16.8. The predicted octanol–water partition coefficient (Wildman–Crippen LogP) is 4.60. The van der Waals surface area contributed by atoms with Gasteiger partial charge in [-0.1, -0.05) is 24.3 Å². The number of fused-ring (bicyclic) bond motifs is 5. The van der Waals surface area contributed by atoms with E-state index < -0.39 is 0 Å². The number of aryl methyl sites for hydroxylation is 2. The van der Waals surface area contributed by atoms with E-state index in [0.29, 0.717) is 13.0 Å². The molecule has 2 aromatic carbocycles. The highest BCUT2D eigenvalue weighted by atomic mass is 16.3. The summed E-state index contributed by atoms with van der Waals surface area (Å²) in [5, 5.41) is 11.9. The Hall–Kier alpha value is -3.39. The molecule has 6 rings (SSSR count). The van der Waals surface area contributed by atoms with E-state index in [1.54, 1.807) is 0 Å². The lowest BCUT2D eigenvalue weighted by Crippen LogP contribution is -2.34. The summed E-state index contributed by atoms with van der Waals surface area (Å²) in [4.78, 5) is 12.3. The molecule has 148 valence electrons. The van der Waals surface area contributed by atoms with Gasteiger partial charge in [-0.15, -0.1) is 0 Å². The van der Waals surface area contributed by atoms with Crippen LogP contribution in [-0.4, -0.2) is 24.6 Å². The fourth-order valence-electron chi connectivity index (χ4n) is 5.11. The van der Waals surface area contributed by atoms with Crippen molar-refractivity contribution < 1.29 is 4.42 Å². The maximum absolute atomic E-state index is 8.89. The molecular formula is C25H22N4O. The van der Waals surface area contributed by atoms with E-state index in [0.717, 1.165) is 71.0 Å². The smallest absolute Gasteiger partial charge is 0.158 e. The lowest BCUT2D eigenvalue weighted by atomic mass is 9.91. The van der Waals surface area contributed by atoms with Crippen LogP contribution in [0.3, 0.4) is 0 Å². The lowest BCUT2D eigenvalue weighted by Gasteiger charge is -2.37. The van der Waals surface area contributed by atoms with Crippen molar-refractivity contribution in [2.24, 2.45) is 4.99 Å². The van der Waals surface area contributed by atoms with Gasteiger partial charge in [0.2, 0.25) is 0 Å². The maximum atomic E-state index is 8.89. The van der Waals surface area contributed by atoms with E-state index >= 15 is 0 Å². The molecule has 0 saturated carbocycles. The summed E-state index contributed by atoms with van der Waals surface area (Å²) in [7, 11) is 0. The van der Waals surface area contributed by atoms with E-state index in [-0.39, 0.29) is 0 Å². The van der Waals surface area contributed by atoms with Crippen molar-refractivity contribution in [2.75, 3.05) is 24.5 Å². The van der Waals surface area contributed by atoms with E-state index in [1.165, 1.54) is 23.2 Å². The summed E-state index contributed by atoms with van der Waals surface area (Å²) >= 11 is 0. The lowest BCUT2D eigenvalue weighted by molar-refractivity contribution is 0.590. The van der Waals surface area contributed by atoms with Crippen molar-refractivity contribution in [1.29, 1.82) is 5.26 Å². The molecule has 0 aromatic heterocycles. The minimum absolute atomic E-state index is 0.408. The van der Waals surface area contributed by atoms with Crippen molar-refractivity contribution in [3.05, 3.63) is 52.9 Å².